The number of carboxylic acids is 1. The van der Waals surface area contributed by atoms with Gasteiger partial charge in [0.2, 0.25) is 5.91 Å². The van der Waals surface area contributed by atoms with Crippen LogP contribution >= 0.6 is 23.2 Å². The Hall–Kier alpha value is -3.84. The molecule has 11 nitrogen and oxygen atoms in total. The maximum absolute atomic E-state index is 13.2. The molecule has 2 fully saturated rings. The normalized spacial score (nSPS) is 15.6. The molecule has 2 amide bonds. The maximum atomic E-state index is 13.2. The highest BCUT2D eigenvalue weighted by molar-refractivity contribution is 7.92. The number of sulfonamides is 1. The van der Waals surface area contributed by atoms with Gasteiger partial charge >= 0.3 is 0 Å². The van der Waals surface area contributed by atoms with Gasteiger partial charge < -0.3 is 25.4 Å². The second-order valence-corrected chi connectivity index (χ2v) is 13.9. The molecule has 3 aromatic rings. The predicted octanol–water partition coefficient (Wildman–Crippen LogP) is 5.65. The van der Waals surface area contributed by atoms with Gasteiger partial charge in [-0.05, 0) is 99.3 Å². The third-order valence-electron chi connectivity index (χ3n) is 7.83. The average molecular weight is 706 g/mol. The first-order valence-corrected chi connectivity index (χ1v) is 17.5. The van der Waals surface area contributed by atoms with Crippen molar-refractivity contribution in [3.8, 4) is 11.5 Å². The number of halogens is 2. The summed E-state index contributed by atoms with van der Waals surface area (Å²) in [6.45, 7) is 4.72. The highest BCUT2D eigenvalue weighted by atomic mass is 35.5. The van der Waals surface area contributed by atoms with Gasteiger partial charge in [0.1, 0.15) is 5.75 Å². The lowest BCUT2D eigenvalue weighted by Gasteiger charge is -2.32. The lowest BCUT2D eigenvalue weighted by molar-refractivity contribution is -0.134. The molecule has 0 aromatic heterocycles. The molecule has 4 N–H and O–H groups in total. The number of carbonyl (C=O) groups excluding carboxylic acids is 2. The standard InChI is InChI=1S/C31H34Cl2N4O5S.C2H4O2/c32-24-7-10-28(26(33)19-24)42-29-4-2-1-3-27(29)36-43(40,41)25-8-5-23(6-9-25)31(39)37-17-13-22(14-18-37)30(38)35-20-21-11-15-34-16-12-21;1-2(3)4/h1-10,19,21-22,34,36H,11-18,20H2,(H,35,38);1H3,(H,3,4). The van der Waals surface area contributed by atoms with Crippen molar-refractivity contribution < 1.29 is 32.6 Å². The molecular formula is C33H38Cl2N4O7S. The molecular weight excluding hydrogens is 667 g/mol. The molecule has 0 aliphatic carbocycles. The van der Waals surface area contributed by atoms with E-state index in [9.17, 15) is 18.0 Å². The molecule has 5 rings (SSSR count). The summed E-state index contributed by atoms with van der Waals surface area (Å²) in [5.41, 5.74) is 0.602. The summed E-state index contributed by atoms with van der Waals surface area (Å²) in [5.74, 6) is 0.0326. The number of carbonyl (C=O) groups is 3. The lowest BCUT2D eigenvalue weighted by atomic mass is 9.94. The Morgan fingerprint density at radius 1 is 0.936 bits per heavy atom. The number of benzene rings is 3. The van der Waals surface area contributed by atoms with E-state index in [1.54, 1.807) is 41.3 Å². The average Bonchev–Trinajstić information content (AvgIpc) is 3.05. The fourth-order valence-corrected chi connectivity index (χ4v) is 6.82. The van der Waals surface area contributed by atoms with E-state index in [1.807, 2.05) is 0 Å². The summed E-state index contributed by atoms with van der Waals surface area (Å²) >= 11 is 12.2. The number of hydrogen-bond acceptors (Lipinski definition) is 7. The number of carboxylic acid groups (broad SMARTS) is 1. The second-order valence-electron chi connectivity index (χ2n) is 11.3. The van der Waals surface area contributed by atoms with Crippen molar-refractivity contribution in [3.63, 3.8) is 0 Å². The highest BCUT2D eigenvalue weighted by Gasteiger charge is 2.28. The Kier molecular flexibility index (Phi) is 12.9. The number of ether oxygens (including phenoxy) is 1. The number of nitrogens with zero attached hydrogens (tertiary/aromatic N) is 1. The summed E-state index contributed by atoms with van der Waals surface area (Å²) in [7, 11) is -4.00. The van der Waals surface area contributed by atoms with Crippen molar-refractivity contribution in [1.29, 1.82) is 0 Å². The van der Waals surface area contributed by atoms with Crippen LogP contribution in [-0.4, -0.2) is 68.9 Å². The van der Waals surface area contributed by atoms with E-state index < -0.39 is 16.0 Å². The zero-order chi connectivity index (χ0) is 34.0. The Morgan fingerprint density at radius 3 is 2.21 bits per heavy atom. The Labute approximate surface area is 284 Å². The smallest absolute Gasteiger partial charge is 0.300 e. The summed E-state index contributed by atoms with van der Waals surface area (Å²) < 4.78 is 34.8. The summed E-state index contributed by atoms with van der Waals surface area (Å²) in [5, 5.41) is 14.6. The van der Waals surface area contributed by atoms with Gasteiger partial charge in [0.05, 0.1) is 15.6 Å². The molecule has 2 heterocycles. The van der Waals surface area contributed by atoms with Crippen LogP contribution in [0.1, 0.15) is 43.0 Å². The fourth-order valence-electron chi connectivity index (χ4n) is 5.30. The lowest BCUT2D eigenvalue weighted by Crippen LogP contribution is -2.44. The van der Waals surface area contributed by atoms with Crippen LogP contribution in [0.25, 0.3) is 0 Å². The van der Waals surface area contributed by atoms with Crippen LogP contribution < -0.4 is 20.1 Å². The molecule has 47 heavy (non-hydrogen) atoms. The number of likely N-dealkylation sites (tertiary alicyclic amines) is 1. The molecule has 0 atom stereocenters. The van der Waals surface area contributed by atoms with Gasteiger partial charge in [0.25, 0.3) is 21.9 Å². The Balaban J connectivity index is 0.00000118. The van der Waals surface area contributed by atoms with Gasteiger partial charge in [-0.1, -0.05) is 35.3 Å². The van der Waals surface area contributed by atoms with Crippen molar-refractivity contribution in [2.75, 3.05) is 37.4 Å². The minimum atomic E-state index is -4.00. The third-order valence-corrected chi connectivity index (χ3v) is 9.75. The highest BCUT2D eigenvalue weighted by Crippen LogP contribution is 2.36. The first-order valence-electron chi connectivity index (χ1n) is 15.2. The number of nitrogens with one attached hydrogen (secondary N) is 3. The molecule has 0 bridgehead atoms. The number of aliphatic carboxylic acids is 1. The molecule has 3 aromatic carbocycles. The van der Waals surface area contributed by atoms with E-state index in [0.29, 0.717) is 54.7 Å². The van der Waals surface area contributed by atoms with Crippen LogP contribution in [0.5, 0.6) is 11.5 Å². The molecule has 2 aliphatic rings. The van der Waals surface area contributed by atoms with Crippen molar-refractivity contribution in [2.24, 2.45) is 11.8 Å². The van der Waals surface area contributed by atoms with E-state index in [4.69, 9.17) is 37.8 Å². The number of hydrogen-bond donors (Lipinski definition) is 4. The summed E-state index contributed by atoms with van der Waals surface area (Å²) in [4.78, 5) is 36.5. The second kappa shape index (κ2) is 16.8. The van der Waals surface area contributed by atoms with Crippen LogP contribution in [0.3, 0.4) is 0 Å². The van der Waals surface area contributed by atoms with Crippen molar-refractivity contribution in [3.05, 3.63) is 82.3 Å². The van der Waals surface area contributed by atoms with Crippen LogP contribution in [-0.2, 0) is 19.6 Å². The van der Waals surface area contributed by atoms with Crippen molar-refractivity contribution in [2.45, 2.75) is 37.5 Å². The number of amides is 2. The zero-order valence-corrected chi connectivity index (χ0v) is 28.2. The van der Waals surface area contributed by atoms with Crippen molar-refractivity contribution in [1.82, 2.24) is 15.5 Å². The Bertz CT molecular complexity index is 1650. The number of anilines is 1. The van der Waals surface area contributed by atoms with Gasteiger partial charge in [-0.3, -0.25) is 19.1 Å². The zero-order valence-electron chi connectivity index (χ0n) is 25.9. The predicted molar refractivity (Wildman–Crippen MR) is 181 cm³/mol. The van der Waals surface area contributed by atoms with E-state index in [1.165, 1.54) is 30.3 Å². The first kappa shape index (κ1) is 36.0. The van der Waals surface area contributed by atoms with E-state index >= 15 is 0 Å². The summed E-state index contributed by atoms with van der Waals surface area (Å²) in [6, 6.07) is 17.1. The minimum Gasteiger partial charge on any atom is -0.481 e. The topological polar surface area (TPSA) is 154 Å². The van der Waals surface area contributed by atoms with Crippen LogP contribution in [0.4, 0.5) is 5.69 Å². The molecule has 0 unspecified atom stereocenters. The quantitative estimate of drug-likeness (QED) is 0.223. The summed E-state index contributed by atoms with van der Waals surface area (Å²) in [6.07, 6.45) is 3.35. The fraction of sp³-hybridized carbons (Fsp3) is 0.364. The maximum Gasteiger partial charge on any atom is 0.300 e. The third kappa shape index (κ3) is 10.6. The molecule has 2 aliphatic heterocycles. The van der Waals surface area contributed by atoms with Gasteiger partial charge in [0, 0.05) is 43.1 Å². The van der Waals surface area contributed by atoms with Crippen molar-refractivity contribution >= 4 is 56.7 Å². The van der Waals surface area contributed by atoms with Crippen LogP contribution in [0.2, 0.25) is 10.0 Å². The SMILES string of the molecule is CC(=O)O.O=C(NCC1CCNCC1)C1CCN(C(=O)c2ccc(S(=O)(=O)Nc3ccccc3Oc3ccc(Cl)cc3Cl)cc2)CC1. The Morgan fingerprint density at radius 2 is 1.57 bits per heavy atom. The molecule has 0 saturated carbocycles. The van der Waals surface area contributed by atoms with E-state index in [-0.39, 0.29) is 39.1 Å². The van der Waals surface area contributed by atoms with Gasteiger partial charge in [-0.15, -0.1) is 0 Å². The molecule has 252 valence electrons. The van der Waals surface area contributed by atoms with Gasteiger partial charge in [0.15, 0.2) is 5.75 Å². The molecule has 14 heteroatoms. The van der Waals surface area contributed by atoms with Gasteiger partial charge in [-0.25, -0.2) is 8.42 Å². The number of para-hydroxylation sites is 2. The van der Waals surface area contributed by atoms with E-state index in [0.717, 1.165) is 32.9 Å². The first-order chi connectivity index (χ1) is 22.4. The minimum absolute atomic E-state index is 0.00694. The van der Waals surface area contributed by atoms with E-state index in [2.05, 4.69) is 15.4 Å². The molecule has 2 saturated heterocycles. The molecule has 0 radical (unpaired) electrons. The molecule has 0 spiro atoms. The van der Waals surface area contributed by atoms with Gasteiger partial charge in [-0.2, -0.15) is 0 Å². The monoisotopic (exact) mass is 704 g/mol. The van der Waals surface area contributed by atoms with Crippen LogP contribution in [0.15, 0.2) is 71.6 Å². The number of piperidine rings is 2. The van der Waals surface area contributed by atoms with Crippen LogP contribution in [0, 0.1) is 11.8 Å². The number of rotatable bonds is 9. The largest absolute Gasteiger partial charge is 0.481 e.